The highest BCUT2D eigenvalue weighted by Crippen LogP contribution is 2.30. The summed E-state index contributed by atoms with van der Waals surface area (Å²) in [6.45, 7) is 5.96. The zero-order valence-corrected chi connectivity index (χ0v) is 14.0. The van der Waals surface area contributed by atoms with Crippen LogP contribution in [0.25, 0.3) is 0 Å². The van der Waals surface area contributed by atoms with Crippen LogP contribution in [0.3, 0.4) is 0 Å². The molecule has 0 aliphatic heterocycles. The Labute approximate surface area is 133 Å². The Bertz CT molecular complexity index is 640. The van der Waals surface area contributed by atoms with Gasteiger partial charge in [0.15, 0.2) is 5.13 Å². The summed E-state index contributed by atoms with van der Waals surface area (Å²) in [7, 11) is 0. The fraction of sp³-hybridized carbons (Fsp3) is 0.333. The number of rotatable bonds is 5. The lowest BCUT2D eigenvalue weighted by Crippen LogP contribution is -2.28. The quantitative estimate of drug-likeness (QED) is 0.829. The standard InChI is InChI=1S/C15H19N3OS2/c1-9-6-4-5-7-12(9)10(2)17-13(19)8-20-14-11(3)18-15(16)21-14/h4-7,10H,8H2,1-3H3,(H2,16,18)(H,17,19). The first-order valence-corrected chi connectivity index (χ1v) is 8.48. The van der Waals surface area contributed by atoms with Gasteiger partial charge in [-0.1, -0.05) is 35.6 Å². The number of nitrogen functional groups attached to an aromatic ring is 1. The number of carbonyl (C=O) groups excluding carboxylic acids is 1. The predicted molar refractivity (Wildman–Crippen MR) is 89.7 cm³/mol. The number of benzene rings is 1. The van der Waals surface area contributed by atoms with Crippen molar-refractivity contribution in [1.82, 2.24) is 10.3 Å². The normalized spacial score (nSPS) is 12.1. The highest BCUT2D eigenvalue weighted by molar-refractivity contribution is 8.01. The van der Waals surface area contributed by atoms with Gasteiger partial charge in [0, 0.05) is 0 Å². The topological polar surface area (TPSA) is 68.0 Å². The average molecular weight is 321 g/mol. The molecule has 0 radical (unpaired) electrons. The molecular weight excluding hydrogens is 302 g/mol. The molecule has 1 aromatic carbocycles. The van der Waals surface area contributed by atoms with Gasteiger partial charge in [0.2, 0.25) is 5.91 Å². The zero-order chi connectivity index (χ0) is 15.4. The van der Waals surface area contributed by atoms with Crippen molar-refractivity contribution in [1.29, 1.82) is 0 Å². The van der Waals surface area contributed by atoms with Gasteiger partial charge in [-0.25, -0.2) is 4.98 Å². The second-order valence-corrected chi connectivity index (χ2v) is 7.13. The van der Waals surface area contributed by atoms with E-state index >= 15 is 0 Å². The lowest BCUT2D eigenvalue weighted by Gasteiger charge is -2.16. The third-order valence-electron chi connectivity index (χ3n) is 3.14. The Kier molecular flexibility index (Phi) is 5.25. The van der Waals surface area contributed by atoms with Crippen molar-refractivity contribution in [2.75, 3.05) is 11.5 Å². The predicted octanol–water partition coefficient (Wildman–Crippen LogP) is 3.31. The second kappa shape index (κ2) is 6.95. The molecule has 2 aromatic rings. The Balaban J connectivity index is 1.90. The van der Waals surface area contributed by atoms with Crippen LogP contribution in [0.15, 0.2) is 28.5 Å². The lowest BCUT2D eigenvalue weighted by atomic mass is 10.0. The van der Waals surface area contributed by atoms with E-state index in [4.69, 9.17) is 5.73 Å². The molecule has 6 heteroatoms. The van der Waals surface area contributed by atoms with Crippen LogP contribution < -0.4 is 11.1 Å². The summed E-state index contributed by atoms with van der Waals surface area (Å²) in [6, 6.07) is 8.09. The van der Waals surface area contributed by atoms with E-state index in [0.717, 1.165) is 15.5 Å². The van der Waals surface area contributed by atoms with E-state index in [1.165, 1.54) is 28.7 Å². The minimum absolute atomic E-state index is 0.00641. The van der Waals surface area contributed by atoms with Gasteiger partial charge >= 0.3 is 0 Å². The van der Waals surface area contributed by atoms with Gasteiger partial charge < -0.3 is 11.1 Å². The molecule has 0 aliphatic carbocycles. The van der Waals surface area contributed by atoms with E-state index in [1.54, 1.807) is 0 Å². The van der Waals surface area contributed by atoms with Crippen molar-refractivity contribution in [2.24, 2.45) is 0 Å². The first kappa shape index (κ1) is 15.9. The fourth-order valence-electron chi connectivity index (χ4n) is 2.10. The number of nitrogens with one attached hydrogen (secondary N) is 1. The van der Waals surface area contributed by atoms with Crippen LogP contribution >= 0.6 is 23.1 Å². The highest BCUT2D eigenvalue weighted by Gasteiger charge is 2.13. The Morgan fingerprint density at radius 3 is 2.76 bits per heavy atom. The molecule has 1 heterocycles. The molecule has 1 amide bonds. The number of thiazole rings is 1. The van der Waals surface area contributed by atoms with Crippen LogP contribution in [0, 0.1) is 13.8 Å². The lowest BCUT2D eigenvalue weighted by molar-refractivity contribution is -0.119. The van der Waals surface area contributed by atoms with Crippen LogP contribution in [-0.4, -0.2) is 16.6 Å². The summed E-state index contributed by atoms with van der Waals surface area (Å²) >= 11 is 2.91. The number of nitrogens with two attached hydrogens (primary N) is 1. The van der Waals surface area contributed by atoms with Gasteiger partial charge in [-0.05, 0) is 31.9 Å². The summed E-state index contributed by atoms with van der Waals surface area (Å²) in [5.41, 5.74) is 8.88. The summed E-state index contributed by atoms with van der Waals surface area (Å²) in [5.74, 6) is 0.390. The molecule has 0 aliphatic rings. The number of aryl methyl sites for hydroxylation is 2. The van der Waals surface area contributed by atoms with E-state index < -0.39 is 0 Å². The van der Waals surface area contributed by atoms with Crippen LogP contribution in [0.1, 0.15) is 29.8 Å². The Hall–Kier alpha value is -1.53. The van der Waals surface area contributed by atoms with Crippen molar-refractivity contribution in [2.45, 2.75) is 31.0 Å². The summed E-state index contributed by atoms with van der Waals surface area (Å²) in [4.78, 5) is 16.2. The van der Waals surface area contributed by atoms with E-state index in [-0.39, 0.29) is 11.9 Å². The monoisotopic (exact) mass is 321 g/mol. The number of hydrogen-bond donors (Lipinski definition) is 2. The Morgan fingerprint density at radius 1 is 1.43 bits per heavy atom. The number of carbonyl (C=O) groups is 1. The molecule has 0 saturated carbocycles. The maximum atomic E-state index is 12.1. The van der Waals surface area contributed by atoms with E-state index in [2.05, 4.69) is 23.3 Å². The summed E-state index contributed by atoms with van der Waals surface area (Å²) in [6.07, 6.45) is 0. The van der Waals surface area contributed by atoms with Crippen molar-refractivity contribution < 1.29 is 4.79 Å². The third-order valence-corrected chi connectivity index (χ3v) is 5.49. The minimum atomic E-state index is 0.00641. The average Bonchev–Trinajstić information content (AvgIpc) is 2.75. The maximum Gasteiger partial charge on any atom is 0.230 e. The van der Waals surface area contributed by atoms with Crippen LogP contribution in [0.2, 0.25) is 0 Å². The van der Waals surface area contributed by atoms with Crippen molar-refractivity contribution in [3.63, 3.8) is 0 Å². The van der Waals surface area contributed by atoms with Gasteiger partial charge in [-0.15, -0.1) is 11.8 Å². The number of hydrogen-bond acceptors (Lipinski definition) is 5. The molecule has 112 valence electrons. The van der Waals surface area contributed by atoms with Crippen molar-refractivity contribution in [3.05, 3.63) is 41.1 Å². The number of anilines is 1. The van der Waals surface area contributed by atoms with E-state index in [1.807, 2.05) is 32.0 Å². The number of amides is 1. The number of aromatic nitrogens is 1. The first-order valence-electron chi connectivity index (χ1n) is 6.68. The van der Waals surface area contributed by atoms with Gasteiger partial charge in [-0.2, -0.15) is 0 Å². The van der Waals surface area contributed by atoms with E-state index in [9.17, 15) is 4.79 Å². The largest absolute Gasteiger partial charge is 0.375 e. The third kappa shape index (κ3) is 4.22. The molecule has 1 atom stereocenters. The molecule has 0 bridgehead atoms. The Morgan fingerprint density at radius 2 is 2.14 bits per heavy atom. The SMILES string of the molecule is Cc1ccccc1C(C)NC(=O)CSc1sc(N)nc1C. The van der Waals surface area contributed by atoms with Crippen LogP contribution in [-0.2, 0) is 4.79 Å². The van der Waals surface area contributed by atoms with Crippen molar-refractivity contribution in [3.8, 4) is 0 Å². The van der Waals surface area contributed by atoms with Gasteiger partial charge in [-0.3, -0.25) is 4.79 Å². The van der Waals surface area contributed by atoms with Gasteiger partial charge in [0.1, 0.15) is 0 Å². The van der Waals surface area contributed by atoms with E-state index in [0.29, 0.717) is 10.9 Å². The molecule has 3 N–H and O–H groups in total. The molecule has 0 saturated heterocycles. The van der Waals surface area contributed by atoms with Crippen LogP contribution in [0.4, 0.5) is 5.13 Å². The summed E-state index contributed by atoms with van der Waals surface area (Å²) < 4.78 is 1.01. The number of nitrogens with zero attached hydrogens (tertiary/aromatic N) is 1. The van der Waals surface area contributed by atoms with Gasteiger partial charge in [0.25, 0.3) is 0 Å². The fourth-order valence-corrected chi connectivity index (χ4v) is 3.94. The first-order chi connectivity index (χ1) is 9.97. The minimum Gasteiger partial charge on any atom is -0.375 e. The van der Waals surface area contributed by atoms with Gasteiger partial charge in [0.05, 0.1) is 21.7 Å². The summed E-state index contributed by atoms with van der Waals surface area (Å²) in [5, 5.41) is 3.57. The molecule has 0 fully saturated rings. The molecule has 4 nitrogen and oxygen atoms in total. The molecule has 2 rings (SSSR count). The number of thioether (sulfide) groups is 1. The maximum absolute atomic E-state index is 12.1. The molecular formula is C15H19N3OS2. The zero-order valence-electron chi connectivity index (χ0n) is 12.3. The second-order valence-electron chi connectivity index (χ2n) is 4.86. The van der Waals surface area contributed by atoms with Crippen LogP contribution in [0.5, 0.6) is 0 Å². The smallest absolute Gasteiger partial charge is 0.230 e. The van der Waals surface area contributed by atoms with Crippen molar-refractivity contribution >= 4 is 34.1 Å². The molecule has 21 heavy (non-hydrogen) atoms. The molecule has 0 spiro atoms. The highest BCUT2D eigenvalue weighted by atomic mass is 32.2. The molecule has 1 unspecified atom stereocenters. The molecule has 1 aromatic heterocycles.